The van der Waals surface area contributed by atoms with Crippen molar-refractivity contribution in [1.29, 1.82) is 0 Å². The highest BCUT2D eigenvalue weighted by Gasteiger charge is 2.32. The molecule has 4 nitrogen and oxygen atoms in total. The van der Waals surface area contributed by atoms with E-state index in [0.717, 1.165) is 25.1 Å². The van der Waals surface area contributed by atoms with Gasteiger partial charge < -0.3 is 10.1 Å². The van der Waals surface area contributed by atoms with Crippen molar-refractivity contribution in [3.8, 4) is 5.75 Å². The van der Waals surface area contributed by atoms with E-state index in [4.69, 9.17) is 4.74 Å². The van der Waals surface area contributed by atoms with Crippen LogP contribution in [0.5, 0.6) is 5.75 Å². The molecule has 1 heterocycles. The van der Waals surface area contributed by atoms with Crippen molar-refractivity contribution in [2.75, 3.05) is 19.7 Å². The summed E-state index contributed by atoms with van der Waals surface area (Å²) in [7, 11) is 0. The SMILES string of the molecule is C[C@H](NC(=O)[C@H]1CCCN1CCOc1ccc(F)cc1)c1ccc(C(F)(F)F)cc1. The number of hydrogen-bond donors (Lipinski definition) is 1. The Hall–Kier alpha value is -2.61. The molecular formula is C22H24F4N2O2. The zero-order valence-corrected chi connectivity index (χ0v) is 16.6. The monoisotopic (exact) mass is 424 g/mol. The fourth-order valence-corrected chi connectivity index (χ4v) is 3.56. The number of carbonyl (C=O) groups excluding carboxylic acids is 1. The molecule has 0 radical (unpaired) electrons. The smallest absolute Gasteiger partial charge is 0.416 e. The Balaban J connectivity index is 1.51. The van der Waals surface area contributed by atoms with Crippen molar-refractivity contribution in [3.63, 3.8) is 0 Å². The van der Waals surface area contributed by atoms with Gasteiger partial charge in [-0.05, 0) is 68.3 Å². The van der Waals surface area contributed by atoms with E-state index < -0.39 is 17.8 Å². The van der Waals surface area contributed by atoms with Gasteiger partial charge in [0.15, 0.2) is 0 Å². The molecule has 1 N–H and O–H groups in total. The Bertz CT molecular complexity index is 838. The molecule has 1 saturated heterocycles. The van der Waals surface area contributed by atoms with Gasteiger partial charge in [0.25, 0.3) is 0 Å². The molecule has 8 heteroatoms. The highest BCUT2D eigenvalue weighted by atomic mass is 19.4. The standard InChI is InChI=1S/C22H24F4N2O2/c1-15(16-4-6-17(7-5-16)22(24,25)26)27-21(29)20-3-2-12-28(20)13-14-30-19-10-8-18(23)9-11-19/h4-11,15,20H,2-3,12-14H2,1H3,(H,27,29)/t15-,20+/m0/s1. The number of likely N-dealkylation sites (tertiary alicyclic amines) is 1. The first-order valence-electron chi connectivity index (χ1n) is 9.84. The molecule has 0 spiro atoms. The Labute approximate surface area is 172 Å². The van der Waals surface area contributed by atoms with Crippen LogP contribution in [-0.2, 0) is 11.0 Å². The van der Waals surface area contributed by atoms with E-state index in [1.165, 1.54) is 24.3 Å². The summed E-state index contributed by atoms with van der Waals surface area (Å²) in [6, 6.07) is 9.85. The third-order valence-corrected chi connectivity index (χ3v) is 5.22. The zero-order valence-electron chi connectivity index (χ0n) is 16.6. The van der Waals surface area contributed by atoms with Crippen molar-refractivity contribution in [1.82, 2.24) is 10.2 Å². The first-order chi connectivity index (χ1) is 14.2. The minimum atomic E-state index is -4.38. The molecule has 0 bridgehead atoms. The first kappa shape index (κ1) is 22.1. The molecule has 3 rings (SSSR count). The van der Waals surface area contributed by atoms with Crippen LogP contribution in [0.3, 0.4) is 0 Å². The van der Waals surface area contributed by atoms with Crippen LogP contribution in [0.2, 0.25) is 0 Å². The van der Waals surface area contributed by atoms with Crippen LogP contribution < -0.4 is 10.1 Å². The lowest BCUT2D eigenvalue weighted by Gasteiger charge is -2.25. The number of alkyl halides is 3. The van der Waals surface area contributed by atoms with Crippen molar-refractivity contribution < 1.29 is 27.1 Å². The third kappa shape index (κ3) is 5.72. The van der Waals surface area contributed by atoms with Gasteiger partial charge >= 0.3 is 6.18 Å². The Morgan fingerprint density at radius 3 is 2.47 bits per heavy atom. The summed E-state index contributed by atoms with van der Waals surface area (Å²) in [6.07, 6.45) is -2.79. The van der Waals surface area contributed by atoms with E-state index in [2.05, 4.69) is 5.32 Å². The van der Waals surface area contributed by atoms with E-state index in [9.17, 15) is 22.4 Å². The Morgan fingerprint density at radius 1 is 1.17 bits per heavy atom. The van der Waals surface area contributed by atoms with Gasteiger partial charge in [-0.25, -0.2) is 4.39 Å². The molecule has 0 aromatic heterocycles. The fraction of sp³-hybridized carbons (Fsp3) is 0.409. The van der Waals surface area contributed by atoms with Crippen molar-refractivity contribution >= 4 is 5.91 Å². The molecule has 162 valence electrons. The zero-order chi connectivity index (χ0) is 21.7. The molecule has 1 fully saturated rings. The lowest BCUT2D eigenvalue weighted by molar-refractivity contribution is -0.137. The van der Waals surface area contributed by atoms with Gasteiger partial charge in [-0.3, -0.25) is 9.69 Å². The number of rotatable bonds is 7. The minimum Gasteiger partial charge on any atom is -0.492 e. The molecule has 30 heavy (non-hydrogen) atoms. The second kappa shape index (κ2) is 9.47. The highest BCUT2D eigenvalue weighted by molar-refractivity contribution is 5.82. The van der Waals surface area contributed by atoms with Crippen molar-refractivity contribution in [2.24, 2.45) is 0 Å². The maximum atomic E-state index is 12.9. The van der Waals surface area contributed by atoms with Gasteiger partial charge in [-0.15, -0.1) is 0 Å². The van der Waals surface area contributed by atoms with E-state index in [1.54, 1.807) is 19.1 Å². The lowest BCUT2D eigenvalue weighted by Crippen LogP contribution is -2.45. The average Bonchev–Trinajstić information content (AvgIpc) is 3.17. The molecule has 2 aromatic rings. The van der Waals surface area contributed by atoms with Crippen LogP contribution in [0.1, 0.15) is 36.9 Å². The van der Waals surface area contributed by atoms with E-state index in [1.807, 2.05) is 4.90 Å². The van der Waals surface area contributed by atoms with E-state index in [-0.39, 0.29) is 17.8 Å². The molecular weight excluding hydrogens is 400 g/mol. The quantitative estimate of drug-likeness (QED) is 0.663. The number of halogens is 4. The first-order valence-corrected chi connectivity index (χ1v) is 9.84. The van der Waals surface area contributed by atoms with Crippen LogP contribution in [0, 0.1) is 5.82 Å². The molecule has 0 unspecified atom stereocenters. The van der Waals surface area contributed by atoms with Crippen LogP contribution >= 0.6 is 0 Å². The summed E-state index contributed by atoms with van der Waals surface area (Å²) in [4.78, 5) is 14.7. The summed E-state index contributed by atoms with van der Waals surface area (Å²) in [6.45, 7) is 3.42. The van der Waals surface area contributed by atoms with E-state index >= 15 is 0 Å². The molecule has 1 amide bonds. The highest BCUT2D eigenvalue weighted by Crippen LogP contribution is 2.30. The van der Waals surface area contributed by atoms with Crippen LogP contribution in [0.25, 0.3) is 0 Å². The predicted molar refractivity (Wildman–Crippen MR) is 104 cm³/mol. The van der Waals surface area contributed by atoms with Gasteiger partial charge in [-0.1, -0.05) is 12.1 Å². The number of amides is 1. The molecule has 0 aliphatic carbocycles. The fourth-order valence-electron chi connectivity index (χ4n) is 3.56. The summed E-state index contributed by atoms with van der Waals surface area (Å²) in [5.41, 5.74) is -0.103. The van der Waals surface area contributed by atoms with Gasteiger partial charge in [-0.2, -0.15) is 13.2 Å². The number of nitrogens with one attached hydrogen (secondary N) is 1. The average molecular weight is 424 g/mol. The Morgan fingerprint density at radius 2 is 1.83 bits per heavy atom. The Kier molecular flexibility index (Phi) is 6.97. The van der Waals surface area contributed by atoms with Crippen LogP contribution in [-0.4, -0.2) is 36.5 Å². The van der Waals surface area contributed by atoms with Crippen molar-refractivity contribution in [2.45, 2.75) is 38.0 Å². The van der Waals surface area contributed by atoms with E-state index in [0.29, 0.717) is 30.9 Å². The second-order valence-electron chi connectivity index (χ2n) is 7.35. The topological polar surface area (TPSA) is 41.6 Å². The maximum absolute atomic E-state index is 12.9. The number of nitrogens with zero attached hydrogens (tertiary/aromatic N) is 1. The molecule has 0 saturated carbocycles. The number of benzene rings is 2. The largest absolute Gasteiger partial charge is 0.492 e. The molecule has 1 aliphatic heterocycles. The van der Waals surface area contributed by atoms with Gasteiger partial charge in [0.05, 0.1) is 17.6 Å². The molecule has 2 atom stereocenters. The van der Waals surface area contributed by atoms with Crippen LogP contribution in [0.4, 0.5) is 17.6 Å². The number of hydrogen-bond acceptors (Lipinski definition) is 3. The lowest BCUT2D eigenvalue weighted by atomic mass is 10.1. The van der Waals surface area contributed by atoms with Gasteiger partial charge in [0.2, 0.25) is 5.91 Å². The molecule has 2 aromatic carbocycles. The summed E-state index contributed by atoms with van der Waals surface area (Å²) < 4.78 is 56.7. The van der Waals surface area contributed by atoms with Crippen LogP contribution in [0.15, 0.2) is 48.5 Å². The van der Waals surface area contributed by atoms with Gasteiger partial charge in [0.1, 0.15) is 18.2 Å². The maximum Gasteiger partial charge on any atom is 0.416 e. The summed E-state index contributed by atoms with van der Waals surface area (Å²) in [5, 5.41) is 2.90. The second-order valence-corrected chi connectivity index (χ2v) is 7.35. The third-order valence-electron chi connectivity index (χ3n) is 5.22. The minimum absolute atomic E-state index is 0.151. The predicted octanol–water partition coefficient (Wildman–Crippen LogP) is 4.57. The number of ether oxygens (including phenoxy) is 1. The number of carbonyl (C=O) groups is 1. The summed E-state index contributed by atoms with van der Waals surface area (Å²) in [5.74, 6) is 0.0787. The van der Waals surface area contributed by atoms with Crippen molar-refractivity contribution in [3.05, 3.63) is 65.5 Å². The summed E-state index contributed by atoms with van der Waals surface area (Å²) >= 11 is 0. The normalized spacial score (nSPS) is 18.2. The molecule has 1 aliphatic rings. The van der Waals surface area contributed by atoms with Gasteiger partial charge in [0, 0.05) is 6.54 Å².